The molecule has 3 heteroatoms. The minimum absolute atomic E-state index is 0.0927. The first-order valence-corrected chi connectivity index (χ1v) is 7.13. The third-order valence-corrected chi connectivity index (χ3v) is 4.56. The molecule has 0 saturated carbocycles. The lowest BCUT2D eigenvalue weighted by atomic mass is 9.85. The lowest BCUT2D eigenvalue weighted by Crippen LogP contribution is -2.28. The number of hydrogen-bond donors (Lipinski definition) is 0. The van der Waals surface area contributed by atoms with E-state index < -0.39 is 0 Å². The van der Waals surface area contributed by atoms with Crippen LogP contribution >= 0.6 is 11.6 Å². The van der Waals surface area contributed by atoms with Gasteiger partial charge in [0.1, 0.15) is 0 Å². The van der Waals surface area contributed by atoms with Crippen molar-refractivity contribution in [2.24, 2.45) is 11.8 Å². The van der Waals surface area contributed by atoms with Gasteiger partial charge in [0.15, 0.2) is 0 Å². The predicted octanol–water partition coefficient (Wildman–Crippen LogP) is 3.60. The largest absolute Gasteiger partial charge is 0.375 e. The highest BCUT2D eigenvalue weighted by molar-refractivity contribution is 6.21. The Balaban J connectivity index is 2.03. The molecule has 1 saturated heterocycles. The van der Waals surface area contributed by atoms with E-state index in [1.54, 1.807) is 0 Å². The van der Waals surface area contributed by atoms with E-state index in [0.717, 1.165) is 12.1 Å². The van der Waals surface area contributed by atoms with Crippen LogP contribution in [0.3, 0.4) is 0 Å². The van der Waals surface area contributed by atoms with Crippen LogP contribution < -0.4 is 0 Å². The molecule has 5 atom stereocenters. The van der Waals surface area contributed by atoms with Crippen LogP contribution in [0.4, 0.5) is 0 Å². The molecule has 1 aromatic rings. The lowest BCUT2D eigenvalue weighted by Gasteiger charge is -2.23. The monoisotopic (exact) mass is 267 g/mol. The summed E-state index contributed by atoms with van der Waals surface area (Å²) < 4.78 is 5.86. The van der Waals surface area contributed by atoms with Gasteiger partial charge in [0.2, 0.25) is 0 Å². The van der Waals surface area contributed by atoms with E-state index in [1.807, 2.05) is 13.1 Å². The molecule has 2 rings (SSSR count). The molecular formula is C15H22ClNO. The standard InChI is InChI=1S/C15H22ClNO/c1-9-5-6-13(17-8-9)7-14(16)15-10(2)11(3)18-12(15)4/h5-6,8,10-12,14-15H,7H2,1-4H3. The molecule has 18 heavy (non-hydrogen) atoms. The fraction of sp³-hybridized carbons (Fsp3) is 0.667. The quantitative estimate of drug-likeness (QED) is 0.781. The van der Waals surface area contributed by atoms with Crippen LogP contribution in [0.15, 0.2) is 18.3 Å². The summed E-state index contributed by atoms with van der Waals surface area (Å²) in [7, 11) is 0. The highest BCUT2D eigenvalue weighted by Crippen LogP contribution is 2.37. The summed E-state index contributed by atoms with van der Waals surface area (Å²) in [6, 6.07) is 4.16. The molecule has 1 aliphatic rings. The summed E-state index contributed by atoms with van der Waals surface area (Å²) in [5, 5.41) is 0.0927. The summed E-state index contributed by atoms with van der Waals surface area (Å²) in [5.41, 5.74) is 2.25. The highest BCUT2D eigenvalue weighted by Gasteiger charge is 2.40. The van der Waals surface area contributed by atoms with Gasteiger partial charge in [-0.05, 0) is 38.3 Å². The van der Waals surface area contributed by atoms with E-state index >= 15 is 0 Å². The molecular weight excluding hydrogens is 246 g/mol. The molecule has 0 N–H and O–H groups in total. The Morgan fingerprint density at radius 3 is 2.50 bits per heavy atom. The second-order valence-corrected chi connectivity index (χ2v) is 6.09. The Bertz CT molecular complexity index is 392. The van der Waals surface area contributed by atoms with Gasteiger partial charge in [-0.25, -0.2) is 0 Å². The molecule has 0 aromatic carbocycles. The number of ether oxygens (including phenoxy) is 1. The SMILES string of the molecule is Cc1ccc(CC(Cl)C2C(C)OC(C)C2C)nc1. The molecule has 2 nitrogen and oxygen atoms in total. The van der Waals surface area contributed by atoms with Crippen LogP contribution in [-0.2, 0) is 11.2 Å². The number of nitrogens with zero attached hydrogens (tertiary/aromatic N) is 1. The summed E-state index contributed by atoms with van der Waals surface area (Å²) >= 11 is 6.60. The van der Waals surface area contributed by atoms with Crippen molar-refractivity contribution in [1.29, 1.82) is 0 Å². The normalized spacial score (nSPS) is 33.6. The van der Waals surface area contributed by atoms with Crippen molar-refractivity contribution in [1.82, 2.24) is 4.98 Å². The molecule has 1 aliphatic heterocycles. The summed E-state index contributed by atoms with van der Waals surface area (Å²) in [6.45, 7) is 8.54. The second-order valence-electron chi connectivity index (χ2n) is 5.53. The van der Waals surface area contributed by atoms with Crippen LogP contribution in [0.25, 0.3) is 0 Å². The Hall–Kier alpha value is -0.600. The maximum absolute atomic E-state index is 6.60. The van der Waals surface area contributed by atoms with E-state index in [-0.39, 0.29) is 11.5 Å². The zero-order valence-electron chi connectivity index (χ0n) is 11.6. The molecule has 0 aliphatic carbocycles. The molecule has 1 fully saturated rings. The van der Waals surface area contributed by atoms with Crippen LogP contribution in [0.1, 0.15) is 32.0 Å². The lowest BCUT2D eigenvalue weighted by molar-refractivity contribution is 0.0508. The third kappa shape index (κ3) is 2.86. The molecule has 5 unspecified atom stereocenters. The minimum Gasteiger partial charge on any atom is -0.375 e. The fourth-order valence-corrected chi connectivity index (χ4v) is 3.46. The maximum Gasteiger partial charge on any atom is 0.0596 e. The average Bonchev–Trinajstić information content (AvgIpc) is 2.56. The van der Waals surface area contributed by atoms with Gasteiger partial charge < -0.3 is 4.74 Å². The Morgan fingerprint density at radius 2 is 2.00 bits per heavy atom. The van der Waals surface area contributed by atoms with Gasteiger partial charge in [0, 0.05) is 29.6 Å². The van der Waals surface area contributed by atoms with E-state index in [4.69, 9.17) is 16.3 Å². The molecule has 0 amide bonds. The van der Waals surface area contributed by atoms with Gasteiger partial charge in [0.05, 0.1) is 12.2 Å². The van der Waals surface area contributed by atoms with Crippen LogP contribution in [-0.4, -0.2) is 22.6 Å². The number of hydrogen-bond acceptors (Lipinski definition) is 2. The van der Waals surface area contributed by atoms with Crippen LogP contribution in [0, 0.1) is 18.8 Å². The molecule has 0 bridgehead atoms. The number of aryl methyl sites for hydroxylation is 1. The first-order valence-electron chi connectivity index (χ1n) is 6.70. The smallest absolute Gasteiger partial charge is 0.0596 e. The Morgan fingerprint density at radius 1 is 1.28 bits per heavy atom. The third-order valence-electron chi connectivity index (χ3n) is 4.11. The number of pyridine rings is 1. The molecule has 1 aromatic heterocycles. The van der Waals surface area contributed by atoms with Crippen LogP contribution in [0.5, 0.6) is 0 Å². The highest BCUT2D eigenvalue weighted by atomic mass is 35.5. The van der Waals surface area contributed by atoms with E-state index in [0.29, 0.717) is 17.9 Å². The van der Waals surface area contributed by atoms with Crippen molar-refractivity contribution in [3.05, 3.63) is 29.6 Å². The van der Waals surface area contributed by atoms with Crippen LogP contribution in [0.2, 0.25) is 0 Å². The molecule has 0 spiro atoms. The van der Waals surface area contributed by atoms with Crippen molar-refractivity contribution in [3.8, 4) is 0 Å². The second kappa shape index (κ2) is 5.58. The number of halogens is 1. The van der Waals surface area contributed by atoms with Gasteiger partial charge in [-0.15, -0.1) is 11.6 Å². The first kappa shape index (κ1) is 13.8. The first-order chi connectivity index (χ1) is 8.49. The van der Waals surface area contributed by atoms with E-state index in [2.05, 4.69) is 37.9 Å². The molecule has 100 valence electrons. The van der Waals surface area contributed by atoms with Gasteiger partial charge in [-0.3, -0.25) is 4.98 Å². The summed E-state index contributed by atoms with van der Waals surface area (Å²) in [5.74, 6) is 0.915. The number of alkyl halides is 1. The Kier molecular flexibility index (Phi) is 4.29. The van der Waals surface area contributed by atoms with E-state index in [1.165, 1.54) is 5.56 Å². The van der Waals surface area contributed by atoms with E-state index in [9.17, 15) is 0 Å². The predicted molar refractivity (Wildman–Crippen MR) is 75.0 cm³/mol. The van der Waals surface area contributed by atoms with Gasteiger partial charge >= 0.3 is 0 Å². The number of aromatic nitrogens is 1. The zero-order chi connectivity index (χ0) is 13.3. The Labute approximate surface area is 115 Å². The van der Waals surface area contributed by atoms with Crippen molar-refractivity contribution in [3.63, 3.8) is 0 Å². The maximum atomic E-state index is 6.60. The molecule has 0 radical (unpaired) electrons. The van der Waals surface area contributed by atoms with Gasteiger partial charge in [-0.1, -0.05) is 13.0 Å². The average molecular weight is 268 g/mol. The van der Waals surface area contributed by atoms with Crippen molar-refractivity contribution < 1.29 is 4.74 Å². The molecule has 2 heterocycles. The minimum atomic E-state index is 0.0927. The number of rotatable bonds is 3. The van der Waals surface area contributed by atoms with Gasteiger partial charge in [0.25, 0.3) is 0 Å². The fourth-order valence-electron chi connectivity index (χ4n) is 2.87. The summed E-state index contributed by atoms with van der Waals surface area (Å²) in [4.78, 5) is 4.43. The zero-order valence-corrected chi connectivity index (χ0v) is 12.3. The van der Waals surface area contributed by atoms with Gasteiger partial charge in [-0.2, -0.15) is 0 Å². The van der Waals surface area contributed by atoms with Crippen molar-refractivity contribution >= 4 is 11.6 Å². The topological polar surface area (TPSA) is 22.1 Å². The van der Waals surface area contributed by atoms with Crippen molar-refractivity contribution in [2.75, 3.05) is 0 Å². The summed E-state index contributed by atoms with van der Waals surface area (Å²) in [6.07, 6.45) is 3.26. The van der Waals surface area contributed by atoms with Crippen molar-refractivity contribution in [2.45, 2.75) is 51.7 Å².